The predicted molar refractivity (Wildman–Crippen MR) is 85.4 cm³/mol. The molecule has 24 heavy (non-hydrogen) atoms. The van der Waals surface area contributed by atoms with Gasteiger partial charge in [0.05, 0.1) is 6.61 Å². The first-order valence-corrected chi connectivity index (χ1v) is 7.65. The molecule has 1 aromatic rings. The molecular weight excluding hydrogens is 321 g/mol. The highest BCUT2D eigenvalue weighted by Gasteiger charge is 2.64. The minimum absolute atomic E-state index is 0.0938. The van der Waals surface area contributed by atoms with Gasteiger partial charge in [0.1, 0.15) is 0 Å². The lowest BCUT2D eigenvalue weighted by Gasteiger charge is -2.32. The highest BCUT2D eigenvalue weighted by molar-refractivity contribution is 5.82. The lowest BCUT2D eigenvalue weighted by Crippen LogP contribution is -2.52. The number of ether oxygens (including phenoxy) is 2. The number of carbonyl (C=O) groups excluding carboxylic acids is 1. The minimum Gasteiger partial charge on any atom is -0.463 e. The second kappa shape index (κ2) is 8.33. The summed E-state index contributed by atoms with van der Waals surface area (Å²) in [6, 6.07) is 6.80. The number of rotatable bonds is 7. The number of hydrogen-bond acceptors (Lipinski definition) is 3. The summed E-state index contributed by atoms with van der Waals surface area (Å²) >= 11 is 0. The second-order valence-electron chi connectivity index (χ2n) is 5.79. The molecule has 0 bridgehead atoms. The SMILES string of the molecule is C/C=C(\C)CC(C)COC(=O)[C@@](OC)(c1ccccc1)C(F)(F)F. The Kier molecular flexibility index (Phi) is 7.02. The first-order chi connectivity index (χ1) is 11.2. The maximum absolute atomic E-state index is 13.7. The lowest BCUT2D eigenvalue weighted by atomic mass is 9.92. The normalized spacial score (nSPS) is 16.4. The largest absolute Gasteiger partial charge is 0.463 e. The summed E-state index contributed by atoms with van der Waals surface area (Å²) < 4.78 is 50.6. The predicted octanol–water partition coefficient (Wildman–Crippen LogP) is 4.63. The highest BCUT2D eigenvalue weighted by Crippen LogP contribution is 2.43. The van der Waals surface area contributed by atoms with Crippen LogP contribution in [0.25, 0.3) is 0 Å². The monoisotopic (exact) mass is 344 g/mol. The molecule has 0 heterocycles. The Hall–Kier alpha value is -1.82. The van der Waals surface area contributed by atoms with Gasteiger partial charge in [-0.15, -0.1) is 0 Å². The van der Waals surface area contributed by atoms with Crippen LogP contribution in [0, 0.1) is 5.92 Å². The van der Waals surface area contributed by atoms with Gasteiger partial charge < -0.3 is 9.47 Å². The number of allylic oxidation sites excluding steroid dienone is 2. The number of alkyl halides is 3. The Bertz CT molecular complexity index is 567. The van der Waals surface area contributed by atoms with Crippen molar-refractivity contribution in [2.45, 2.75) is 39.0 Å². The minimum atomic E-state index is -4.94. The summed E-state index contributed by atoms with van der Waals surface area (Å²) in [5, 5.41) is 0. The van der Waals surface area contributed by atoms with Crippen LogP contribution in [-0.2, 0) is 19.9 Å². The molecular formula is C18H23F3O3. The van der Waals surface area contributed by atoms with Crippen molar-refractivity contribution in [2.24, 2.45) is 5.92 Å². The van der Waals surface area contributed by atoms with Crippen molar-refractivity contribution in [3.05, 3.63) is 47.5 Å². The standard InChI is InChI=1S/C18H23F3O3/c1-5-13(2)11-14(3)12-24-16(22)17(23-4,18(19,20)21)15-9-7-6-8-10-15/h5-10,14H,11-12H2,1-4H3/b13-5+/t14?,17-/m0/s1. The molecule has 0 radical (unpaired) electrons. The zero-order valence-electron chi connectivity index (χ0n) is 14.3. The van der Waals surface area contributed by atoms with E-state index in [9.17, 15) is 18.0 Å². The Balaban J connectivity index is 3.02. The van der Waals surface area contributed by atoms with Crippen LogP contribution in [0.2, 0.25) is 0 Å². The van der Waals surface area contributed by atoms with Gasteiger partial charge in [0.15, 0.2) is 0 Å². The molecule has 1 unspecified atom stereocenters. The molecule has 3 nitrogen and oxygen atoms in total. The third-order valence-electron chi connectivity index (χ3n) is 3.84. The van der Waals surface area contributed by atoms with E-state index in [0.29, 0.717) is 6.42 Å². The molecule has 1 aromatic carbocycles. The summed E-state index contributed by atoms with van der Waals surface area (Å²) in [5.74, 6) is -1.54. The fourth-order valence-electron chi connectivity index (χ4n) is 2.43. The highest BCUT2D eigenvalue weighted by atomic mass is 19.4. The fraction of sp³-hybridized carbons (Fsp3) is 0.500. The van der Waals surface area contributed by atoms with Gasteiger partial charge in [-0.05, 0) is 26.2 Å². The maximum Gasteiger partial charge on any atom is 0.432 e. The summed E-state index contributed by atoms with van der Waals surface area (Å²) in [7, 11) is 0.856. The third kappa shape index (κ3) is 4.38. The van der Waals surface area contributed by atoms with Gasteiger partial charge in [0, 0.05) is 12.7 Å². The molecule has 0 fully saturated rings. The first kappa shape index (κ1) is 20.2. The zero-order valence-corrected chi connectivity index (χ0v) is 14.3. The summed E-state index contributed by atoms with van der Waals surface area (Å²) in [6.45, 7) is 5.49. The summed E-state index contributed by atoms with van der Waals surface area (Å²) in [5.41, 5.74) is -2.35. The van der Waals surface area contributed by atoms with E-state index in [-0.39, 0.29) is 18.1 Å². The van der Waals surface area contributed by atoms with Crippen LogP contribution < -0.4 is 0 Å². The van der Waals surface area contributed by atoms with E-state index in [1.165, 1.54) is 24.3 Å². The number of halogens is 3. The van der Waals surface area contributed by atoms with E-state index in [1.54, 1.807) is 6.07 Å². The van der Waals surface area contributed by atoms with E-state index in [0.717, 1.165) is 12.7 Å². The van der Waals surface area contributed by atoms with Gasteiger partial charge >= 0.3 is 12.1 Å². The average molecular weight is 344 g/mol. The number of esters is 1. The maximum atomic E-state index is 13.7. The average Bonchev–Trinajstić information content (AvgIpc) is 2.53. The summed E-state index contributed by atoms with van der Waals surface area (Å²) in [6.07, 6.45) is -2.39. The van der Waals surface area contributed by atoms with Crippen molar-refractivity contribution in [3.63, 3.8) is 0 Å². The van der Waals surface area contributed by atoms with Crippen molar-refractivity contribution in [2.75, 3.05) is 13.7 Å². The molecule has 0 saturated carbocycles. The van der Waals surface area contributed by atoms with Gasteiger partial charge in [-0.25, -0.2) is 4.79 Å². The van der Waals surface area contributed by atoms with Gasteiger partial charge in [0.2, 0.25) is 0 Å². The molecule has 6 heteroatoms. The van der Waals surface area contributed by atoms with E-state index in [4.69, 9.17) is 4.74 Å². The second-order valence-corrected chi connectivity index (χ2v) is 5.79. The van der Waals surface area contributed by atoms with Crippen LogP contribution in [0.3, 0.4) is 0 Å². The van der Waals surface area contributed by atoms with Crippen LogP contribution in [0.4, 0.5) is 13.2 Å². The van der Waals surface area contributed by atoms with Crippen molar-refractivity contribution in [3.8, 4) is 0 Å². The van der Waals surface area contributed by atoms with Gasteiger partial charge in [-0.1, -0.05) is 48.9 Å². The van der Waals surface area contributed by atoms with E-state index in [1.807, 2.05) is 26.8 Å². The summed E-state index contributed by atoms with van der Waals surface area (Å²) in [4.78, 5) is 12.3. The molecule has 0 aliphatic heterocycles. The molecule has 0 amide bonds. The smallest absolute Gasteiger partial charge is 0.432 e. The lowest BCUT2D eigenvalue weighted by molar-refractivity contribution is -0.276. The van der Waals surface area contributed by atoms with Crippen molar-refractivity contribution >= 4 is 5.97 Å². The van der Waals surface area contributed by atoms with E-state index in [2.05, 4.69) is 4.74 Å². The molecule has 1 rings (SSSR count). The number of benzene rings is 1. The van der Waals surface area contributed by atoms with Crippen LogP contribution in [0.15, 0.2) is 42.0 Å². The molecule has 0 aromatic heterocycles. The van der Waals surface area contributed by atoms with Gasteiger partial charge in [-0.3, -0.25) is 0 Å². The van der Waals surface area contributed by atoms with Crippen LogP contribution in [0.5, 0.6) is 0 Å². The Morgan fingerprint density at radius 2 is 1.83 bits per heavy atom. The van der Waals surface area contributed by atoms with Crippen LogP contribution >= 0.6 is 0 Å². The Morgan fingerprint density at radius 1 is 1.25 bits per heavy atom. The molecule has 134 valence electrons. The van der Waals surface area contributed by atoms with Crippen molar-refractivity contribution in [1.82, 2.24) is 0 Å². The zero-order chi connectivity index (χ0) is 18.4. The van der Waals surface area contributed by atoms with Gasteiger partial charge in [-0.2, -0.15) is 13.2 Å². The number of hydrogen-bond donors (Lipinski definition) is 0. The number of methoxy groups -OCH3 is 1. The van der Waals surface area contributed by atoms with Crippen LogP contribution in [0.1, 0.15) is 32.8 Å². The Morgan fingerprint density at radius 3 is 2.29 bits per heavy atom. The van der Waals surface area contributed by atoms with Crippen molar-refractivity contribution < 1.29 is 27.4 Å². The van der Waals surface area contributed by atoms with Gasteiger partial charge in [0.25, 0.3) is 5.60 Å². The van der Waals surface area contributed by atoms with E-state index >= 15 is 0 Å². The molecule has 0 spiro atoms. The molecule has 0 aliphatic carbocycles. The van der Waals surface area contributed by atoms with Crippen LogP contribution in [-0.4, -0.2) is 25.9 Å². The molecule has 0 aliphatic rings. The van der Waals surface area contributed by atoms with Crippen molar-refractivity contribution in [1.29, 1.82) is 0 Å². The molecule has 0 N–H and O–H groups in total. The molecule has 2 atom stereocenters. The fourth-order valence-corrected chi connectivity index (χ4v) is 2.43. The first-order valence-electron chi connectivity index (χ1n) is 7.65. The van der Waals surface area contributed by atoms with E-state index < -0.39 is 17.7 Å². The number of carbonyl (C=O) groups is 1. The molecule has 0 saturated heterocycles. The topological polar surface area (TPSA) is 35.5 Å². The third-order valence-corrected chi connectivity index (χ3v) is 3.84. The Labute approximate surface area is 140 Å². The quantitative estimate of drug-likeness (QED) is 0.534.